The molecule has 0 unspecified atom stereocenters. The van der Waals surface area contributed by atoms with Crippen molar-refractivity contribution in [2.75, 3.05) is 24.5 Å². The van der Waals surface area contributed by atoms with Gasteiger partial charge in [0.2, 0.25) is 5.91 Å². The SMILES string of the molecule is O=C1N(c2nc(C(F)(F)F)c(F)cc2F)CCC12CCNCC2. The van der Waals surface area contributed by atoms with E-state index < -0.39 is 40.6 Å². The van der Waals surface area contributed by atoms with Crippen LogP contribution in [0.15, 0.2) is 6.07 Å². The highest BCUT2D eigenvalue weighted by Crippen LogP contribution is 2.42. The monoisotopic (exact) mass is 335 g/mol. The maximum Gasteiger partial charge on any atom is 0.436 e. The molecule has 126 valence electrons. The third-order valence-corrected chi connectivity index (χ3v) is 4.51. The Labute approximate surface area is 128 Å². The van der Waals surface area contributed by atoms with Crippen molar-refractivity contribution in [1.82, 2.24) is 10.3 Å². The van der Waals surface area contributed by atoms with Crippen LogP contribution in [0, 0.1) is 17.0 Å². The van der Waals surface area contributed by atoms with Gasteiger partial charge in [-0.15, -0.1) is 0 Å². The molecule has 1 amide bonds. The van der Waals surface area contributed by atoms with Crippen LogP contribution in [0.25, 0.3) is 0 Å². The van der Waals surface area contributed by atoms with Crippen LogP contribution in [0.2, 0.25) is 0 Å². The van der Waals surface area contributed by atoms with Crippen LogP contribution in [-0.4, -0.2) is 30.5 Å². The minimum Gasteiger partial charge on any atom is -0.317 e. The van der Waals surface area contributed by atoms with Crippen LogP contribution in [0.3, 0.4) is 0 Å². The number of anilines is 1. The van der Waals surface area contributed by atoms with Crippen molar-refractivity contribution in [1.29, 1.82) is 0 Å². The van der Waals surface area contributed by atoms with Crippen molar-refractivity contribution in [2.24, 2.45) is 5.41 Å². The summed E-state index contributed by atoms with van der Waals surface area (Å²) in [5, 5.41) is 3.10. The summed E-state index contributed by atoms with van der Waals surface area (Å²) in [6.07, 6.45) is -3.55. The number of rotatable bonds is 1. The van der Waals surface area contributed by atoms with Gasteiger partial charge in [0.1, 0.15) is 0 Å². The van der Waals surface area contributed by atoms with E-state index in [0.29, 0.717) is 32.4 Å². The lowest BCUT2D eigenvalue weighted by molar-refractivity contribution is -0.143. The number of hydrogen-bond acceptors (Lipinski definition) is 3. The van der Waals surface area contributed by atoms with Gasteiger partial charge in [0, 0.05) is 12.6 Å². The first-order valence-electron chi connectivity index (χ1n) is 7.20. The van der Waals surface area contributed by atoms with Gasteiger partial charge in [-0.2, -0.15) is 13.2 Å². The first kappa shape index (κ1) is 16.1. The first-order valence-corrected chi connectivity index (χ1v) is 7.20. The van der Waals surface area contributed by atoms with Crippen LogP contribution in [0.1, 0.15) is 25.0 Å². The number of hydrogen-bond donors (Lipinski definition) is 1. The molecule has 2 aliphatic heterocycles. The zero-order valence-corrected chi connectivity index (χ0v) is 12.0. The van der Waals surface area contributed by atoms with E-state index in [1.54, 1.807) is 0 Å². The van der Waals surface area contributed by atoms with E-state index in [9.17, 15) is 26.7 Å². The van der Waals surface area contributed by atoms with Crippen molar-refractivity contribution in [2.45, 2.75) is 25.4 Å². The van der Waals surface area contributed by atoms with Gasteiger partial charge in [-0.05, 0) is 32.4 Å². The Morgan fingerprint density at radius 3 is 2.39 bits per heavy atom. The maximum atomic E-state index is 13.9. The lowest BCUT2D eigenvalue weighted by Crippen LogP contribution is -2.43. The Hall–Kier alpha value is -1.77. The smallest absolute Gasteiger partial charge is 0.317 e. The number of piperidine rings is 1. The highest BCUT2D eigenvalue weighted by atomic mass is 19.4. The lowest BCUT2D eigenvalue weighted by atomic mass is 9.78. The quantitative estimate of drug-likeness (QED) is 0.802. The molecule has 4 nitrogen and oxygen atoms in total. The number of carbonyl (C=O) groups excluding carboxylic acids is 1. The fourth-order valence-corrected chi connectivity index (χ4v) is 3.24. The third kappa shape index (κ3) is 2.66. The van der Waals surface area contributed by atoms with E-state index in [2.05, 4.69) is 10.3 Å². The number of halogens is 5. The molecule has 1 aromatic rings. The van der Waals surface area contributed by atoms with E-state index in [1.165, 1.54) is 0 Å². The molecule has 0 atom stereocenters. The average molecular weight is 335 g/mol. The molecule has 0 saturated carbocycles. The summed E-state index contributed by atoms with van der Waals surface area (Å²) in [6, 6.07) is 0.131. The number of nitrogens with one attached hydrogen (secondary N) is 1. The number of alkyl halides is 3. The Bertz CT molecular complexity index is 640. The van der Waals surface area contributed by atoms with Gasteiger partial charge in [0.15, 0.2) is 23.1 Å². The van der Waals surface area contributed by atoms with Gasteiger partial charge in [0.25, 0.3) is 0 Å². The molecule has 9 heteroatoms. The number of nitrogens with zero attached hydrogens (tertiary/aromatic N) is 2. The maximum absolute atomic E-state index is 13.9. The minimum atomic E-state index is -5.05. The molecule has 2 saturated heterocycles. The second-order valence-corrected chi connectivity index (χ2v) is 5.86. The Morgan fingerprint density at radius 1 is 1.13 bits per heavy atom. The summed E-state index contributed by atoms with van der Waals surface area (Å²) in [7, 11) is 0. The fraction of sp³-hybridized carbons (Fsp3) is 0.571. The highest BCUT2D eigenvalue weighted by Gasteiger charge is 2.49. The third-order valence-electron chi connectivity index (χ3n) is 4.51. The molecule has 2 fully saturated rings. The molecule has 3 heterocycles. The highest BCUT2D eigenvalue weighted by molar-refractivity contribution is 5.99. The molecular weight excluding hydrogens is 321 g/mol. The fourth-order valence-electron chi connectivity index (χ4n) is 3.24. The molecule has 0 aromatic carbocycles. The molecular formula is C14H14F5N3O. The molecule has 1 aromatic heterocycles. The summed E-state index contributed by atoms with van der Waals surface area (Å²) in [5.74, 6) is -4.25. The second-order valence-electron chi connectivity index (χ2n) is 5.86. The summed E-state index contributed by atoms with van der Waals surface area (Å²) in [4.78, 5) is 16.6. The zero-order valence-electron chi connectivity index (χ0n) is 12.0. The summed E-state index contributed by atoms with van der Waals surface area (Å²) >= 11 is 0. The van der Waals surface area contributed by atoms with Gasteiger partial charge in [-0.3, -0.25) is 9.69 Å². The zero-order chi connectivity index (χ0) is 16.8. The van der Waals surface area contributed by atoms with E-state index in [-0.39, 0.29) is 12.6 Å². The predicted molar refractivity (Wildman–Crippen MR) is 70.7 cm³/mol. The second kappa shape index (κ2) is 5.40. The molecule has 0 radical (unpaired) electrons. The number of pyridine rings is 1. The summed E-state index contributed by atoms with van der Waals surface area (Å²) in [6.45, 7) is 1.31. The van der Waals surface area contributed by atoms with E-state index >= 15 is 0 Å². The van der Waals surface area contributed by atoms with E-state index in [0.717, 1.165) is 4.90 Å². The Morgan fingerprint density at radius 2 is 1.78 bits per heavy atom. The molecule has 0 bridgehead atoms. The van der Waals surface area contributed by atoms with Crippen LogP contribution in [0.5, 0.6) is 0 Å². The first-order chi connectivity index (χ1) is 10.7. The predicted octanol–water partition coefficient (Wildman–Crippen LogP) is 2.49. The van der Waals surface area contributed by atoms with Gasteiger partial charge < -0.3 is 5.32 Å². The number of aromatic nitrogens is 1. The van der Waals surface area contributed by atoms with Crippen molar-refractivity contribution in [3.63, 3.8) is 0 Å². The van der Waals surface area contributed by atoms with Crippen molar-refractivity contribution in [3.05, 3.63) is 23.4 Å². The van der Waals surface area contributed by atoms with Crippen molar-refractivity contribution < 1.29 is 26.7 Å². The Kier molecular flexibility index (Phi) is 3.78. The van der Waals surface area contributed by atoms with Gasteiger partial charge in [0.05, 0.1) is 5.41 Å². The molecule has 23 heavy (non-hydrogen) atoms. The molecule has 2 aliphatic rings. The van der Waals surface area contributed by atoms with Crippen LogP contribution in [0.4, 0.5) is 27.8 Å². The van der Waals surface area contributed by atoms with Crippen molar-refractivity contribution >= 4 is 11.7 Å². The lowest BCUT2D eigenvalue weighted by Gasteiger charge is -2.32. The van der Waals surface area contributed by atoms with Crippen molar-refractivity contribution in [3.8, 4) is 0 Å². The molecule has 1 spiro atoms. The average Bonchev–Trinajstić information content (AvgIpc) is 2.76. The molecule has 3 rings (SSSR count). The normalized spacial score (nSPS) is 21.3. The van der Waals surface area contributed by atoms with E-state index in [1.807, 2.05) is 0 Å². The molecule has 1 N–H and O–H groups in total. The topological polar surface area (TPSA) is 45.2 Å². The van der Waals surface area contributed by atoms with E-state index in [4.69, 9.17) is 0 Å². The van der Waals surface area contributed by atoms with Gasteiger partial charge >= 0.3 is 6.18 Å². The van der Waals surface area contributed by atoms with Crippen LogP contribution >= 0.6 is 0 Å². The Balaban J connectivity index is 1.98. The number of carbonyl (C=O) groups is 1. The molecule has 0 aliphatic carbocycles. The van der Waals surface area contributed by atoms with Crippen LogP contribution in [-0.2, 0) is 11.0 Å². The van der Waals surface area contributed by atoms with Gasteiger partial charge in [-0.1, -0.05) is 0 Å². The minimum absolute atomic E-state index is 0.0751. The largest absolute Gasteiger partial charge is 0.436 e. The standard InChI is InChI=1S/C14H14F5N3O/c15-8-7-9(16)11(21-10(8)14(17,18)19)22-6-3-13(12(22)23)1-4-20-5-2-13/h7,20H,1-6H2. The number of amides is 1. The van der Waals surface area contributed by atoms with Crippen LogP contribution < -0.4 is 10.2 Å². The summed E-state index contributed by atoms with van der Waals surface area (Å²) in [5.41, 5.74) is -2.50. The van der Waals surface area contributed by atoms with Gasteiger partial charge in [-0.25, -0.2) is 13.8 Å². The summed E-state index contributed by atoms with van der Waals surface area (Å²) < 4.78 is 65.5.